The van der Waals surface area contributed by atoms with Gasteiger partial charge in [-0.15, -0.1) is 0 Å². The van der Waals surface area contributed by atoms with E-state index < -0.39 is 0 Å². The first-order valence-electron chi connectivity index (χ1n) is 4.09. The van der Waals surface area contributed by atoms with E-state index in [1.54, 1.807) is 16.8 Å². The third-order valence-corrected chi connectivity index (χ3v) is 2.42. The smallest absolute Gasteiger partial charge is 0.0521 e. The monoisotopic (exact) mass is 190 g/mol. The molecule has 72 valence electrons. The van der Waals surface area contributed by atoms with Crippen molar-refractivity contribution in [2.45, 2.75) is 18.6 Å². The Balaban J connectivity index is 3.36. The summed E-state index contributed by atoms with van der Waals surface area (Å²) in [5, 5.41) is 15.0. The first-order chi connectivity index (χ1) is 5.66. The molecule has 0 aliphatic carbocycles. The van der Waals surface area contributed by atoms with Crippen molar-refractivity contribution in [3.8, 4) is 0 Å². The molecule has 0 aromatic heterocycles. The number of aliphatic hydroxyl groups excluding tert-OH is 1. The van der Waals surface area contributed by atoms with E-state index in [-0.39, 0.29) is 6.61 Å². The second-order valence-corrected chi connectivity index (χ2v) is 4.33. The molecule has 0 saturated heterocycles. The fourth-order valence-corrected chi connectivity index (χ4v) is 1.41. The van der Waals surface area contributed by atoms with Crippen molar-refractivity contribution in [1.82, 2.24) is 5.01 Å². The second kappa shape index (κ2) is 7.43. The van der Waals surface area contributed by atoms with E-state index in [1.807, 2.05) is 20.3 Å². The summed E-state index contributed by atoms with van der Waals surface area (Å²) < 4.78 is 0. The van der Waals surface area contributed by atoms with Gasteiger partial charge in [-0.25, -0.2) is 0 Å². The van der Waals surface area contributed by atoms with Gasteiger partial charge in [0.15, 0.2) is 0 Å². The van der Waals surface area contributed by atoms with Crippen LogP contribution in [-0.2, 0) is 0 Å². The molecule has 0 spiro atoms. The lowest BCUT2D eigenvalue weighted by atomic mass is 10.4. The topological polar surface area (TPSA) is 35.8 Å². The van der Waals surface area contributed by atoms with Crippen molar-refractivity contribution in [2.24, 2.45) is 5.10 Å². The third kappa shape index (κ3) is 7.88. The van der Waals surface area contributed by atoms with E-state index in [0.29, 0.717) is 5.25 Å². The fourth-order valence-electron chi connectivity index (χ4n) is 0.681. The first kappa shape index (κ1) is 11.8. The summed E-state index contributed by atoms with van der Waals surface area (Å²) in [4.78, 5) is 0. The quantitative estimate of drug-likeness (QED) is 0.502. The Bertz CT molecular complexity index is 128. The Kier molecular flexibility index (Phi) is 7.29. The molecule has 0 saturated carbocycles. The summed E-state index contributed by atoms with van der Waals surface area (Å²) in [6, 6.07) is 0. The first-order valence-corrected chi connectivity index (χ1v) is 5.14. The maximum absolute atomic E-state index is 8.57. The fraction of sp³-hybridized carbons (Fsp3) is 0.875. The highest BCUT2D eigenvalue weighted by molar-refractivity contribution is 7.99. The van der Waals surface area contributed by atoms with Crippen molar-refractivity contribution in [3.63, 3.8) is 0 Å². The minimum Gasteiger partial charge on any atom is -0.396 e. The molecule has 4 heteroatoms. The van der Waals surface area contributed by atoms with Crippen LogP contribution in [0.15, 0.2) is 5.10 Å². The molecule has 0 heterocycles. The maximum Gasteiger partial charge on any atom is 0.0521 e. The molecule has 0 rings (SSSR count). The van der Waals surface area contributed by atoms with E-state index in [1.165, 1.54) is 0 Å². The summed E-state index contributed by atoms with van der Waals surface area (Å²) >= 11 is 1.77. The van der Waals surface area contributed by atoms with Gasteiger partial charge in [-0.1, -0.05) is 6.92 Å². The number of nitrogens with zero attached hydrogens (tertiary/aromatic N) is 2. The number of rotatable bonds is 6. The van der Waals surface area contributed by atoms with Crippen LogP contribution in [0.25, 0.3) is 0 Å². The highest BCUT2D eigenvalue weighted by atomic mass is 32.2. The van der Waals surface area contributed by atoms with Crippen LogP contribution in [0, 0.1) is 0 Å². The summed E-state index contributed by atoms with van der Waals surface area (Å²) in [5.41, 5.74) is 0. The highest BCUT2D eigenvalue weighted by Gasteiger charge is 1.98. The summed E-state index contributed by atoms with van der Waals surface area (Å²) in [6.07, 6.45) is 2.87. The number of hydrazone groups is 1. The lowest BCUT2D eigenvalue weighted by Gasteiger charge is -2.07. The zero-order valence-corrected chi connectivity index (χ0v) is 8.84. The van der Waals surface area contributed by atoms with Crippen LogP contribution in [0.4, 0.5) is 0 Å². The zero-order valence-electron chi connectivity index (χ0n) is 8.03. The van der Waals surface area contributed by atoms with Crippen LogP contribution in [0.1, 0.15) is 13.3 Å². The van der Waals surface area contributed by atoms with Gasteiger partial charge in [0.05, 0.1) is 6.61 Å². The number of hydrogen-bond acceptors (Lipinski definition) is 4. The van der Waals surface area contributed by atoms with Crippen LogP contribution < -0.4 is 0 Å². The largest absolute Gasteiger partial charge is 0.396 e. The van der Waals surface area contributed by atoms with Gasteiger partial charge in [0.1, 0.15) is 0 Å². The van der Waals surface area contributed by atoms with Gasteiger partial charge in [0, 0.05) is 31.3 Å². The Morgan fingerprint density at radius 1 is 1.58 bits per heavy atom. The van der Waals surface area contributed by atoms with Crippen LogP contribution in [-0.4, -0.2) is 48.0 Å². The van der Waals surface area contributed by atoms with Crippen LogP contribution >= 0.6 is 11.8 Å². The molecule has 1 N–H and O–H groups in total. The maximum atomic E-state index is 8.57. The highest BCUT2D eigenvalue weighted by Crippen LogP contribution is 2.11. The molecule has 0 aromatic rings. The van der Waals surface area contributed by atoms with E-state index in [9.17, 15) is 0 Å². The molecule has 12 heavy (non-hydrogen) atoms. The molecule has 0 fully saturated rings. The third-order valence-electron chi connectivity index (χ3n) is 1.24. The predicted octanol–water partition coefficient (Wildman–Crippen LogP) is 1.04. The lowest BCUT2D eigenvalue weighted by Crippen LogP contribution is -2.05. The Hall–Kier alpha value is -0.220. The van der Waals surface area contributed by atoms with Gasteiger partial charge in [-0.05, 0) is 6.42 Å². The zero-order chi connectivity index (χ0) is 9.40. The Labute approximate surface area is 78.8 Å². The van der Waals surface area contributed by atoms with Crippen molar-refractivity contribution in [3.05, 3.63) is 0 Å². The second-order valence-electron chi connectivity index (χ2n) is 2.79. The molecule has 0 aromatic carbocycles. The van der Waals surface area contributed by atoms with Crippen molar-refractivity contribution < 1.29 is 5.11 Å². The average Bonchev–Trinajstić information content (AvgIpc) is 2.00. The molecule has 1 atom stereocenters. The molecular formula is C8H18N2OS. The van der Waals surface area contributed by atoms with Gasteiger partial charge < -0.3 is 10.1 Å². The normalized spacial score (nSPS) is 13.7. The lowest BCUT2D eigenvalue weighted by molar-refractivity contribution is 0.322. The van der Waals surface area contributed by atoms with Crippen molar-refractivity contribution in [1.29, 1.82) is 0 Å². The van der Waals surface area contributed by atoms with E-state index >= 15 is 0 Å². The molecule has 3 nitrogen and oxygen atoms in total. The number of thioether (sulfide) groups is 1. The number of hydrogen-bond donors (Lipinski definition) is 1. The van der Waals surface area contributed by atoms with Gasteiger partial charge >= 0.3 is 0 Å². The molecular weight excluding hydrogens is 172 g/mol. The number of aliphatic hydroxyl groups is 1. The molecule has 0 aliphatic heterocycles. The SMILES string of the molecule is CC(CC=NN(C)C)SCCO. The van der Waals surface area contributed by atoms with Gasteiger partial charge in [-0.3, -0.25) is 0 Å². The van der Waals surface area contributed by atoms with Gasteiger partial charge in [-0.2, -0.15) is 16.9 Å². The summed E-state index contributed by atoms with van der Waals surface area (Å²) in [5.74, 6) is 0.816. The summed E-state index contributed by atoms with van der Waals surface area (Å²) in [7, 11) is 3.81. The Morgan fingerprint density at radius 2 is 2.25 bits per heavy atom. The van der Waals surface area contributed by atoms with Crippen LogP contribution in [0.3, 0.4) is 0 Å². The molecule has 1 unspecified atom stereocenters. The molecule has 0 bridgehead atoms. The van der Waals surface area contributed by atoms with Gasteiger partial charge in [0.2, 0.25) is 0 Å². The van der Waals surface area contributed by atoms with Crippen LogP contribution in [0.5, 0.6) is 0 Å². The minimum absolute atomic E-state index is 0.264. The van der Waals surface area contributed by atoms with E-state index in [0.717, 1.165) is 12.2 Å². The summed E-state index contributed by atoms with van der Waals surface area (Å²) in [6.45, 7) is 2.40. The van der Waals surface area contributed by atoms with E-state index in [2.05, 4.69) is 12.0 Å². The van der Waals surface area contributed by atoms with Crippen LogP contribution in [0.2, 0.25) is 0 Å². The van der Waals surface area contributed by atoms with E-state index in [4.69, 9.17) is 5.11 Å². The van der Waals surface area contributed by atoms with Crippen molar-refractivity contribution in [2.75, 3.05) is 26.5 Å². The minimum atomic E-state index is 0.264. The van der Waals surface area contributed by atoms with Gasteiger partial charge in [0.25, 0.3) is 0 Å². The van der Waals surface area contributed by atoms with Crippen molar-refractivity contribution >= 4 is 18.0 Å². The molecule has 0 amide bonds. The average molecular weight is 190 g/mol. The molecule has 0 aliphatic rings. The Morgan fingerprint density at radius 3 is 2.75 bits per heavy atom. The predicted molar refractivity (Wildman–Crippen MR) is 55.8 cm³/mol. The molecule has 0 radical (unpaired) electrons. The standard InChI is InChI=1S/C8H18N2OS/c1-8(12-7-6-11)4-5-9-10(2)3/h5,8,11H,4,6-7H2,1-3H3.